The van der Waals surface area contributed by atoms with Gasteiger partial charge in [0.2, 0.25) is 0 Å². The lowest BCUT2D eigenvalue weighted by Gasteiger charge is -2.15. The number of anilines is 2. The molecule has 0 aromatic carbocycles. The van der Waals surface area contributed by atoms with Gasteiger partial charge in [0.1, 0.15) is 5.82 Å². The molecule has 0 amide bonds. The first-order valence-corrected chi connectivity index (χ1v) is 5.31. The molecule has 92 valence electrons. The maximum Gasteiger partial charge on any atom is 0.148 e. The molecule has 0 unspecified atom stereocenters. The van der Waals surface area contributed by atoms with E-state index >= 15 is 0 Å². The fourth-order valence-electron chi connectivity index (χ4n) is 1.50. The van der Waals surface area contributed by atoms with Crippen molar-refractivity contribution in [2.24, 2.45) is 7.05 Å². The molecule has 0 atom stereocenters. The lowest BCUT2D eigenvalue weighted by molar-refractivity contribution is 0.203. The Balaban J connectivity index is 2.96. The van der Waals surface area contributed by atoms with Crippen molar-refractivity contribution in [3.8, 4) is 0 Å². The lowest BCUT2D eigenvalue weighted by atomic mass is 10.1. The van der Waals surface area contributed by atoms with Gasteiger partial charge in [-0.1, -0.05) is 13.8 Å². The van der Waals surface area contributed by atoms with Gasteiger partial charge in [0.05, 0.1) is 30.6 Å². The van der Waals surface area contributed by atoms with Crippen molar-refractivity contribution < 1.29 is 10.2 Å². The summed E-state index contributed by atoms with van der Waals surface area (Å²) in [5.41, 5.74) is 7.35. The maximum atomic E-state index is 8.99. The average Bonchev–Trinajstić information content (AvgIpc) is 2.52. The van der Waals surface area contributed by atoms with Crippen LogP contribution in [0.1, 0.15) is 25.5 Å². The van der Waals surface area contributed by atoms with E-state index < -0.39 is 6.04 Å². The number of aromatic nitrogens is 2. The highest BCUT2D eigenvalue weighted by molar-refractivity contribution is 5.66. The van der Waals surface area contributed by atoms with Crippen LogP contribution in [0.25, 0.3) is 0 Å². The first-order chi connectivity index (χ1) is 7.51. The summed E-state index contributed by atoms with van der Waals surface area (Å²) in [7, 11) is 1.77. The zero-order chi connectivity index (χ0) is 12.3. The molecule has 1 rings (SSSR count). The van der Waals surface area contributed by atoms with E-state index in [0.717, 1.165) is 5.69 Å². The lowest BCUT2D eigenvalue weighted by Crippen LogP contribution is -2.29. The van der Waals surface area contributed by atoms with Crippen LogP contribution >= 0.6 is 0 Å². The van der Waals surface area contributed by atoms with Gasteiger partial charge < -0.3 is 21.3 Å². The molecular weight excluding hydrogens is 208 g/mol. The van der Waals surface area contributed by atoms with E-state index in [1.165, 1.54) is 0 Å². The number of nitrogens with zero attached hydrogens (tertiary/aromatic N) is 2. The van der Waals surface area contributed by atoms with Gasteiger partial charge in [-0.25, -0.2) is 0 Å². The molecule has 0 aliphatic rings. The molecule has 6 nitrogen and oxygen atoms in total. The van der Waals surface area contributed by atoms with Crippen LogP contribution in [0.5, 0.6) is 0 Å². The van der Waals surface area contributed by atoms with E-state index in [0.29, 0.717) is 11.5 Å². The molecule has 1 heterocycles. The second kappa shape index (κ2) is 5.18. The standard InChI is InChI=1S/C10H20N4O2/c1-6(2)9-8(11)10(14(3)13-9)12-7(4-15)5-16/h6-7,12,15-16H,4-5,11H2,1-3H3. The summed E-state index contributed by atoms with van der Waals surface area (Å²) in [6.45, 7) is 3.71. The molecule has 1 aromatic heterocycles. The molecule has 0 fully saturated rings. The summed E-state index contributed by atoms with van der Waals surface area (Å²) in [6.07, 6.45) is 0. The highest BCUT2D eigenvalue weighted by Crippen LogP contribution is 2.27. The van der Waals surface area contributed by atoms with Crippen molar-refractivity contribution in [1.82, 2.24) is 9.78 Å². The molecule has 1 aromatic rings. The Bertz CT molecular complexity index is 345. The van der Waals surface area contributed by atoms with Crippen molar-refractivity contribution in [2.75, 3.05) is 24.3 Å². The topological polar surface area (TPSA) is 96.3 Å². The van der Waals surface area contributed by atoms with Gasteiger partial charge in [-0.15, -0.1) is 0 Å². The second-order valence-corrected chi connectivity index (χ2v) is 4.13. The largest absolute Gasteiger partial charge is 0.394 e. The van der Waals surface area contributed by atoms with Crippen molar-refractivity contribution >= 4 is 11.5 Å². The second-order valence-electron chi connectivity index (χ2n) is 4.13. The summed E-state index contributed by atoms with van der Waals surface area (Å²) in [5.74, 6) is 0.875. The Hall–Kier alpha value is -1.27. The number of hydrogen-bond acceptors (Lipinski definition) is 5. The number of nitrogens with two attached hydrogens (primary N) is 1. The van der Waals surface area contributed by atoms with Crippen LogP contribution in [0.4, 0.5) is 11.5 Å². The first-order valence-electron chi connectivity index (χ1n) is 5.31. The zero-order valence-electron chi connectivity index (χ0n) is 9.94. The van der Waals surface area contributed by atoms with Crippen LogP contribution in [-0.4, -0.2) is 39.2 Å². The minimum Gasteiger partial charge on any atom is -0.394 e. The SMILES string of the molecule is CC(C)c1nn(C)c(NC(CO)CO)c1N. The van der Waals surface area contributed by atoms with Crippen molar-refractivity contribution in [3.63, 3.8) is 0 Å². The number of nitrogens with one attached hydrogen (secondary N) is 1. The molecule has 0 saturated carbocycles. The predicted molar refractivity (Wildman–Crippen MR) is 63.3 cm³/mol. The Morgan fingerprint density at radius 3 is 2.31 bits per heavy atom. The van der Waals surface area contributed by atoms with Gasteiger partial charge in [-0.3, -0.25) is 4.68 Å². The number of aryl methyl sites for hydroxylation is 1. The van der Waals surface area contributed by atoms with E-state index in [4.69, 9.17) is 15.9 Å². The molecule has 0 saturated heterocycles. The number of aliphatic hydroxyl groups excluding tert-OH is 2. The minimum atomic E-state index is -0.419. The third kappa shape index (κ3) is 2.45. The van der Waals surface area contributed by atoms with Crippen molar-refractivity contribution in [1.29, 1.82) is 0 Å². The molecule has 0 spiro atoms. The third-order valence-corrected chi connectivity index (χ3v) is 2.44. The van der Waals surface area contributed by atoms with E-state index in [-0.39, 0.29) is 19.1 Å². The van der Waals surface area contributed by atoms with Crippen LogP contribution < -0.4 is 11.1 Å². The molecule has 0 radical (unpaired) electrons. The molecule has 16 heavy (non-hydrogen) atoms. The normalized spacial score (nSPS) is 11.4. The van der Waals surface area contributed by atoms with Gasteiger partial charge in [0.15, 0.2) is 0 Å². The molecule has 0 aliphatic heterocycles. The van der Waals surface area contributed by atoms with E-state index in [9.17, 15) is 0 Å². The Labute approximate surface area is 95.1 Å². The average molecular weight is 228 g/mol. The molecular formula is C10H20N4O2. The Morgan fingerprint density at radius 1 is 1.38 bits per heavy atom. The van der Waals surface area contributed by atoms with E-state index in [1.807, 2.05) is 13.8 Å². The Morgan fingerprint density at radius 2 is 1.94 bits per heavy atom. The fourth-order valence-corrected chi connectivity index (χ4v) is 1.50. The quantitative estimate of drug-likeness (QED) is 0.564. The molecule has 5 N–H and O–H groups in total. The summed E-state index contributed by atoms with van der Waals surface area (Å²) < 4.78 is 1.63. The Kier molecular flexibility index (Phi) is 4.14. The summed E-state index contributed by atoms with van der Waals surface area (Å²) in [4.78, 5) is 0. The number of aliphatic hydroxyl groups is 2. The number of rotatable bonds is 5. The molecule has 6 heteroatoms. The summed E-state index contributed by atoms with van der Waals surface area (Å²) in [6, 6.07) is -0.419. The molecule has 0 aliphatic carbocycles. The van der Waals surface area contributed by atoms with Crippen molar-refractivity contribution in [3.05, 3.63) is 5.69 Å². The first kappa shape index (κ1) is 12.8. The number of hydrogen-bond donors (Lipinski definition) is 4. The van der Waals surface area contributed by atoms with E-state index in [2.05, 4.69) is 10.4 Å². The highest BCUT2D eigenvalue weighted by atomic mass is 16.3. The highest BCUT2D eigenvalue weighted by Gasteiger charge is 2.17. The zero-order valence-corrected chi connectivity index (χ0v) is 9.94. The van der Waals surface area contributed by atoms with Gasteiger partial charge >= 0.3 is 0 Å². The van der Waals surface area contributed by atoms with Crippen LogP contribution in [0.15, 0.2) is 0 Å². The fraction of sp³-hybridized carbons (Fsp3) is 0.700. The van der Waals surface area contributed by atoms with Crippen LogP contribution in [-0.2, 0) is 7.05 Å². The maximum absolute atomic E-state index is 8.99. The minimum absolute atomic E-state index is 0.155. The van der Waals surface area contributed by atoms with Crippen LogP contribution in [0, 0.1) is 0 Å². The van der Waals surface area contributed by atoms with Crippen molar-refractivity contribution in [2.45, 2.75) is 25.8 Å². The number of nitrogen functional groups attached to an aromatic ring is 1. The van der Waals surface area contributed by atoms with Crippen LogP contribution in [0.2, 0.25) is 0 Å². The van der Waals surface area contributed by atoms with Crippen LogP contribution in [0.3, 0.4) is 0 Å². The van der Waals surface area contributed by atoms with Gasteiger partial charge in [-0.2, -0.15) is 5.10 Å². The van der Waals surface area contributed by atoms with Gasteiger partial charge in [0.25, 0.3) is 0 Å². The summed E-state index contributed by atoms with van der Waals surface area (Å²) >= 11 is 0. The molecule has 0 bridgehead atoms. The van der Waals surface area contributed by atoms with E-state index in [1.54, 1.807) is 11.7 Å². The summed E-state index contributed by atoms with van der Waals surface area (Å²) in [5, 5.41) is 25.2. The van der Waals surface area contributed by atoms with Gasteiger partial charge in [-0.05, 0) is 5.92 Å². The predicted octanol–water partition coefficient (Wildman–Crippen LogP) is -0.109. The van der Waals surface area contributed by atoms with Gasteiger partial charge in [0, 0.05) is 7.05 Å². The smallest absolute Gasteiger partial charge is 0.148 e. The third-order valence-electron chi connectivity index (χ3n) is 2.44. The monoisotopic (exact) mass is 228 g/mol.